The predicted octanol–water partition coefficient (Wildman–Crippen LogP) is 4.74. The van der Waals surface area contributed by atoms with Crippen LogP contribution in [-0.2, 0) is 11.3 Å². The fourth-order valence-corrected chi connectivity index (χ4v) is 6.93. The number of hydrogen-bond donors (Lipinski definition) is 1. The van der Waals surface area contributed by atoms with Gasteiger partial charge in [-0.2, -0.15) is 0 Å². The van der Waals surface area contributed by atoms with Crippen molar-refractivity contribution in [2.45, 2.75) is 56.7 Å². The van der Waals surface area contributed by atoms with Gasteiger partial charge in [0.2, 0.25) is 5.91 Å². The average molecular weight is 423 g/mol. The van der Waals surface area contributed by atoms with Crippen LogP contribution in [0.15, 0.2) is 24.3 Å². The number of carbonyl (C=O) groups is 1. The topological polar surface area (TPSA) is 41.6 Å². The maximum atomic E-state index is 12.1. The highest BCUT2D eigenvalue weighted by Crippen LogP contribution is 2.39. The van der Waals surface area contributed by atoms with Gasteiger partial charge in [-0.1, -0.05) is 40.1 Å². The molecule has 1 amide bonds. The molecule has 0 saturated carbocycles. The van der Waals surface area contributed by atoms with Crippen molar-refractivity contribution in [2.75, 3.05) is 32.5 Å². The first kappa shape index (κ1) is 21.8. The van der Waals surface area contributed by atoms with Crippen molar-refractivity contribution in [1.29, 1.82) is 0 Å². The second kappa shape index (κ2) is 12.0. The molecule has 6 heteroatoms. The van der Waals surface area contributed by atoms with E-state index in [2.05, 4.69) is 22.3 Å². The van der Waals surface area contributed by atoms with Crippen LogP contribution >= 0.6 is 21.6 Å². The number of piperidine rings is 1. The third-order valence-electron chi connectivity index (χ3n) is 5.77. The Labute approximate surface area is 177 Å². The van der Waals surface area contributed by atoms with Crippen molar-refractivity contribution in [3.05, 3.63) is 29.8 Å². The fourth-order valence-electron chi connectivity index (χ4n) is 3.91. The highest BCUT2D eigenvalue weighted by Gasteiger charge is 2.20. The first-order chi connectivity index (χ1) is 13.7. The third-order valence-corrected chi connectivity index (χ3v) is 8.77. The summed E-state index contributed by atoms with van der Waals surface area (Å²) in [6.45, 7) is 4.08. The Bertz CT molecular complexity index is 583. The van der Waals surface area contributed by atoms with Crippen molar-refractivity contribution >= 4 is 27.5 Å². The summed E-state index contributed by atoms with van der Waals surface area (Å²) in [4.78, 5) is 14.6. The molecule has 2 heterocycles. The molecule has 0 spiro atoms. The molecule has 2 fully saturated rings. The van der Waals surface area contributed by atoms with Gasteiger partial charge in [0.05, 0.1) is 7.11 Å². The van der Waals surface area contributed by atoms with Crippen LogP contribution in [0.1, 0.15) is 50.5 Å². The van der Waals surface area contributed by atoms with E-state index < -0.39 is 0 Å². The lowest BCUT2D eigenvalue weighted by Gasteiger charge is -2.32. The highest BCUT2D eigenvalue weighted by atomic mass is 33.1. The van der Waals surface area contributed by atoms with Gasteiger partial charge in [-0.25, -0.2) is 0 Å². The zero-order valence-corrected chi connectivity index (χ0v) is 18.7. The first-order valence-electron chi connectivity index (χ1n) is 10.6. The summed E-state index contributed by atoms with van der Waals surface area (Å²) in [5, 5.41) is 4.01. The lowest BCUT2D eigenvalue weighted by molar-refractivity contribution is -0.121. The van der Waals surface area contributed by atoms with E-state index in [0.717, 1.165) is 43.6 Å². The standard InChI is InChI=1S/C22H34N2O2S2/c1-26-20-8-6-19(7-9-20)17-24-13-10-18(11-14-24)16-23-22(25)5-3-2-4-21-12-15-27-28-21/h6-9,18,21H,2-5,10-17H2,1H3,(H,23,25). The summed E-state index contributed by atoms with van der Waals surface area (Å²) < 4.78 is 5.22. The number of hydrogen-bond acceptors (Lipinski definition) is 5. The molecule has 2 aliphatic heterocycles. The van der Waals surface area contributed by atoms with Crippen molar-refractivity contribution in [2.24, 2.45) is 5.92 Å². The number of nitrogens with zero attached hydrogens (tertiary/aromatic N) is 1. The maximum absolute atomic E-state index is 12.1. The number of likely N-dealkylation sites (tertiary alicyclic amines) is 1. The van der Waals surface area contributed by atoms with Crippen LogP contribution in [0.25, 0.3) is 0 Å². The molecule has 0 bridgehead atoms. The molecule has 4 nitrogen and oxygen atoms in total. The number of carbonyl (C=O) groups excluding carboxylic acids is 1. The number of rotatable bonds is 10. The third kappa shape index (κ3) is 7.53. The predicted molar refractivity (Wildman–Crippen MR) is 121 cm³/mol. The van der Waals surface area contributed by atoms with Gasteiger partial charge in [0.15, 0.2) is 0 Å². The van der Waals surface area contributed by atoms with Crippen LogP contribution in [0.2, 0.25) is 0 Å². The number of methoxy groups -OCH3 is 1. The van der Waals surface area contributed by atoms with E-state index in [9.17, 15) is 4.79 Å². The lowest BCUT2D eigenvalue weighted by Crippen LogP contribution is -2.38. The summed E-state index contributed by atoms with van der Waals surface area (Å²) in [5.41, 5.74) is 1.34. The molecule has 156 valence electrons. The van der Waals surface area contributed by atoms with Gasteiger partial charge >= 0.3 is 0 Å². The van der Waals surface area contributed by atoms with Gasteiger partial charge in [-0.05, 0) is 68.8 Å². The van der Waals surface area contributed by atoms with Gasteiger partial charge in [-0.3, -0.25) is 9.69 Å². The van der Waals surface area contributed by atoms with Crippen molar-refractivity contribution in [3.63, 3.8) is 0 Å². The van der Waals surface area contributed by atoms with Crippen molar-refractivity contribution in [1.82, 2.24) is 10.2 Å². The van der Waals surface area contributed by atoms with Crippen molar-refractivity contribution < 1.29 is 9.53 Å². The molecule has 0 radical (unpaired) electrons. The van der Waals surface area contributed by atoms with Gasteiger partial charge in [0.1, 0.15) is 5.75 Å². The van der Waals surface area contributed by atoms with E-state index >= 15 is 0 Å². The number of ether oxygens (including phenoxy) is 1. The van der Waals surface area contributed by atoms with Gasteiger partial charge in [-0.15, -0.1) is 0 Å². The minimum atomic E-state index is 0.245. The Kier molecular flexibility index (Phi) is 9.35. The van der Waals surface area contributed by atoms with E-state index in [-0.39, 0.29) is 5.91 Å². The molecule has 1 aromatic carbocycles. The molecular formula is C22H34N2O2S2. The second-order valence-corrected chi connectivity index (χ2v) is 10.7. The van der Waals surface area contributed by atoms with Gasteiger partial charge in [0, 0.05) is 30.5 Å². The fraction of sp³-hybridized carbons (Fsp3) is 0.682. The lowest BCUT2D eigenvalue weighted by atomic mass is 9.96. The molecule has 0 aromatic heterocycles. The normalized spacial score (nSPS) is 21.0. The Balaban J connectivity index is 1.24. The summed E-state index contributed by atoms with van der Waals surface area (Å²) in [6.07, 6.45) is 7.89. The summed E-state index contributed by atoms with van der Waals surface area (Å²) >= 11 is 0. The molecule has 1 unspecified atom stereocenters. The zero-order valence-electron chi connectivity index (χ0n) is 17.0. The zero-order chi connectivity index (χ0) is 19.6. The number of benzene rings is 1. The van der Waals surface area contributed by atoms with Crippen LogP contribution in [0, 0.1) is 5.92 Å². The molecule has 1 aromatic rings. The molecule has 1 N–H and O–H groups in total. The maximum Gasteiger partial charge on any atom is 0.220 e. The van der Waals surface area contributed by atoms with Crippen LogP contribution < -0.4 is 10.1 Å². The molecule has 3 rings (SSSR count). The van der Waals surface area contributed by atoms with Crippen LogP contribution in [0.5, 0.6) is 5.75 Å². The number of unbranched alkanes of at least 4 members (excludes halogenated alkanes) is 1. The molecule has 2 saturated heterocycles. The van der Waals surface area contributed by atoms with Crippen molar-refractivity contribution in [3.8, 4) is 5.75 Å². The second-order valence-electron chi connectivity index (χ2n) is 7.95. The molecule has 1 atom stereocenters. The summed E-state index contributed by atoms with van der Waals surface area (Å²) in [7, 11) is 5.74. The minimum Gasteiger partial charge on any atom is -0.497 e. The Morgan fingerprint density at radius 2 is 1.96 bits per heavy atom. The Hall–Kier alpha value is -0.850. The smallest absolute Gasteiger partial charge is 0.220 e. The molecule has 2 aliphatic rings. The number of amides is 1. The average Bonchev–Trinajstić information content (AvgIpc) is 3.25. The molecular weight excluding hydrogens is 388 g/mol. The van der Waals surface area contributed by atoms with Crippen LogP contribution in [0.3, 0.4) is 0 Å². The van der Waals surface area contributed by atoms with Crippen LogP contribution in [0.4, 0.5) is 0 Å². The van der Waals surface area contributed by atoms with E-state index in [1.54, 1.807) is 7.11 Å². The number of nitrogens with one attached hydrogen (secondary N) is 1. The Morgan fingerprint density at radius 1 is 1.18 bits per heavy atom. The first-order valence-corrected chi connectivity index (χ1v) is 13.0. The van der Waals surface area contributed by atoms with Gasteiger partial charge in [0.25, 0.3) is 0 Å². The summed E-state index contributed by atoms with van der Waals surface area (Å²) in [5.74, 6) is 3.08. The Morgan fingerprint density at radius 3 is 2.64 bits per heavy atom. The summed E-state index contributed by atoms with van der Waals surface area (Å²) in [6, 6.07) is 8.36. The monoisotopic (exact) mass is 422 g/mol. The van der Waals surface area contributed by atoms with Crippen LogP contribution in [-0.4, -0.2) is 48.6 Å². The molecule has 0 aliphatic carbocycles. The quantitative estimate of drug-likeness (QED) is 0.436. The van der Waals surface area contributed by atoms with E-state index in [1.807, 2.05) is 33.7 Å². The van der Waals surface area contributed by atoms with E-state index in [4.69, 9.17) is 4.74 Å². The van der Waals surface area contributed by atoms with Gasteiger partial charge < -0.3 is 10.1 Å². The largest absolute Gasteiger partial charge is 0.497 e. The highest BCUT2D eigenvalue weighted by molar-refractivity contribution is 8.77. The SMILES string of the molecule is COc1ccc(CN2CCC(CNC(=O)CCCCC3CCSS3)CC2)cc1. The van der Waals surface area contributed by atoms with E-state index in [1.165, 1.54) is 43.4 Å². The minimum absolute atomic E-state index is 0.245. The molecule has 28 heavy (non-hydrogen) atoms. The van der Waals surface area contributed by atoms with E-state index in [0.29, 0.717) is 12.3 Å².